The molecule has 2 aromatic heterocycles. The van der Waals surface area contributed by atoms with Crippen LogP contribution in [0.2, 0.25) is 0 Å². The minimum Gasteiger partial charge on any atom is -0.445 e. The Hall–Kier alpha value is -3.29. The summed E-state index contributed by atoms with van der Waals surface area (Å²) in [5.41, 5.74) is 0.437. The molecule has 0 spiro atoms. The van der Waals surface area contributed by atoms with Crippen LogP contribution in [0.1, 0.15) is 11.4 Å². The molecule has 0 saturated carbocycles. The Labute approximate surface area is 135 Å². The van der Waals surface area contributed by atoms with Gasteiger partial charge in [-0.15, -0.1) is 0 Å². The molecule has 0 aliphatic rings. The first-order valence-electron chi connectivity index (χ1n) is 7.11. The monoisotopic (exact) mass is 328 g/mol. The fourth-order valence-electron chi connectivity index (χ4n) is 2.06. The number of carbonyl (C=O) groups is 1. The van der Waals surface area contributed by atoms with Crippen LogP contribution >= 0.6 is 0 Å². The Bertz CT molecular complexity index is 928. The van der Waals surface area contributed by atoms with Gasteiger partial charge >= 0.3 is 6.09 Å². The Morgan fingerprint density at radius 3 is 2.88 bits per heavy atom. The van der Waals surface area contributed by atoms with Crippen LogP contribution in [0, 0.1) is 5.82 Å². The fourth-order valence-corrected chi connectivity index (χ4v) is 2.06. The summed E-state index contributed by atoms with van der Waals surface area (Å²) < 4.78 is 18.1. The lowest BCUT2D eigenvalue weighted by Gasteiger charge is -2.07. The maximum Gasteiger partial charge on any atom is 0.407 e. The molecule has 0 atom stereocenters. The third-order valence-corrected chi connectivity index (χ3v) is 3.19. The van der Waals surface area contributed by atoms with Crippen molar-refractivity contribution in [2.45, 2.75) is 13.2 Å². The van der Waals surface area contributed by atoms with E-state index in [1.54, 1.807) is 0 Å². The number of H-pyrrole nitrogens is 1. The SMILES string of the molecule is O=C(NCc1nc2ncc(F)cc2c(=O)[nH]1)OCc1ccccc1. The van der Waals surface area contributed by atoms with E-state index < -0.39 is 17.5 Å². The van der Waals surface area contributed by atoms with E-state index in [4.69, 9.17) is 4.74 Å². The fraction of sp³-hybridized carbons (Fsp3) is 0.125. The summed E-state index contributed by atoms with van der Waals surface area (Å²) in [6.45, 7) is 0.0903. The number of ether oxygens (including phenoxy) is 1. The maximum atomic E-state index is 13.1. The number of aromatic amines is 1. The number of fused-ring (bicyclic) bond motifs is 1. The number of carbonyl (C=O) groups excluding carboxylic acids is 1. The molecule has 24 heavy (non-hydrogen) atoms. The van der Waals surface area contributed by atoms with E-state index in [0.29, 0.717) is 0 Å². The van der Waals surface area contributed by atoms with Crippen LogP contribution in [0.4, 0.5) is 9.18 Å². The van der Waals surface area contributed by atoms with Crippen LogP contribution in [0.3, 0.4) is 0 Å². The zero-order valence-corrected chi connectivity index (χ0v) is 12.5. The van der Waals surface area contributed by atoms with Gasteiger partial charge in [0.1, 0.15) is 18.2 Å². The van der Waals surface area contributed by atoms with Crippen molar-refractivity contribution in [1.82, 2.24) is 20.3 Å². The normalized spacial score (nSPS) is 10.5. The molecule has 3 aromatic rings. The second-order valence-corrected chi connectivity index (χ2v) is 4.95. The van der Waals surface area contributed by atoms with Crippen LogP contribution in [-0.4, -0.2) is 21.0 Å². The molecule has 0 unspecified atom stereocenters. The van der Waals surface area contributed by atoms with Gasteiger partial charge in [0.05, 0.1) is 18.1 Å². The number of benzene rings is 1. The third kappa shape index (κ3) is 3.72. The van der Waals surface area contributed by atoms with Crippen molar-refractivity contribution in [3.8, 4) is 0 Å². The van der Waals surface area contributed by atoms with Crippen LogP contribution < -0.4 is 10.9 Å². The highest BCUT2D eigenvalue weighted by molar-refractivity contribution is 5.73. The molecule has 0 aliphatic heterocycles. The van der Waals surface area contributed by atoms with E-state index in [-0.39, 0.29) is 30.0 Å². The molecule has 2 N–H and O–H groups in total. The molecule has 0 saturated heterocycles. The largest absolute Gasteiger partial charge is 0.445 e. The molecule has 0 fully saturated rings. The average Bonchev–Trinajstić information content (AvgIpc) is 2.60. The van der Waals surface area contributed by atoms with Crippen molar-refractivity contribution < 1.29 is 13.9 Å². The number of halogens is 1. The first-order chi connectivity index (χ1) is 11.6. The molecule has 0 bridgehead atoms. The summed E-state index contributed by atoms with van der Waals surface area (Å²) >= 11 is 0. The Morgan fingerprint density at radius 1 is 1.29 bits per heavy atom. The van der Waals surface area contributed by atoms with Crippen LogP contribution in [0.25, 0.3) is 11.0 Å². The summed E-state index contributed by atoms with van der Waals surface area (Å²) in [6, 6.07) is 10.3. The van der Waals surface area contributed by atoms with Crippen molar-refractivity contribution in [1.29, 1.82) is 0 Å². The van der Waals surface area contributed by atoms with Crippen molar-refractivity contribution in [3.05, 3.63) is 70.2 Å². The number of nitrogens with zero attached hydrogens (tertiary/aromatic N) is 2. The number of aromatic nitrogens is 3. The second-order valence-electron chi connectivity index (χ2n) is 4.95. The van der Waals surface area contributed by atoms with Crippen LogP contribution in [0.15, 0.2) is 47.4 Å². The summed E-state index contributed by atoms with van der Waals surface area (Å²) in [5, 5.41) is 2.52. The molecule has 1 aromatic carbocycles. The third-order valence-electron chi connectivity index (χ3n) is 3.19. The number of hydrogen-bond acceptors (Lipinski definition) is 5. The van der Waals surface area contributed by atoms with Crippen molar-refractivity contribution in [2.24, 2.45) is 0 Å². The standard InChI is InChI=1S/C16H13FN4O3/c17-11-6-12-14(18-7-11)20-13(21-15(12)22)8-19-16(23)24-9-10-4-2-1-3-5-10/h1-7H,8-9H2,(H,19,23)(H,18,20,21,22). The van der Waals surface area contributed by atoms with Gasteiger partial charge in [-0.3, -0.25) is 4.79 Å². The molecule has 8 heteroatoms. The van der Waals surface area contributed by atoms with E-state index in [2.05, 4.69) is 20.3 Å². The first kappa shape index (κ1) is 15.6. The summed E-state index contributed by atoms with van der Waals surface area (Å²) in [7, 11) is 0. The molecule has 3 rings (SSSR count). The minimum absolute atomic E-state index is 0.0438. The highest BCUT2D eigenvalue weighted by Crippen LogP contribution is 2.05. The zero-order chi connectivity index (χ0) is 16.9. The smallest absolute Gasteiger partial charge is 0.407 e. The van der Waals surface area contributed by atoms with Gasteiger partial charge in [-0.2, -0.15) is 0 Å². The Balaban J connectivity index is 1.62. The Kier molecular flexibility index (Phi) is 4.46. The number of alkyl carbamates (subject to hydrolysis) is 1. The minimum atomic E-state index is -0.645. The number of pyridine rings is 1. The molecular weight excluding hydrogens is 315 g/mol. The molecule has 2 heterocycles. The second kappa shape index (κ2) is 6.86. The number of rotatable bonds is 4. The molecule has 0 aliphatic carbocycles. The summed E-state index contributed by atoms with van der Waals surface area (Å²) in [5.74, 6) is -0.423. The molecule has 122 valence electrons. The highest BCUT2D eigenvalue weighted by Gasteiger charge is 2.08. The molecular formula is C16H13FN4O3. The predicted molar refractivity (Wildman–Crippen MR) is 83.6 cm³/mol. The summed E-state index contributed by atoms with van der Waals surface area (Å²) in [6.07, 6.45) is 0.328. The quantitative estimate of drug-likeness (QED) is 0.762. The summed E-state index contributed by atoms with van der Waals surface area (Å²) in [4.78, 5) is 33.8. The number of amides is 1. The lowest BCUT2D eigenvalue weighted by molar-refractivity contribution is 0.139. The van der Waals surface area contributed by atoms with E-state index in [0.717, 1.165) is 17.8 Å². The van der Waals surface area contributed by atoms with Gasteiger partial charge in [-0.25, -0.2) is 19.2 Å². The lowest BCUT2D eigenvalue weighted by atomic mass is 10.2. The number of hydrogen-bond donors (Lipinski definition) is 2. The lowest BCUT2D eigenvalue weighted by Crippen LogP contribution is -2.26. The predicted octanol–water partition coefficient (Wildman–Crippen LogP) is 1.88. The van der Waals surface area contributed by atoms with Crippen molar-refractivity contribution >= 4 is 17.1 Å². The topological polar surface area (TPSA) is 97.0 Å². The molecule has 0 radical (unpaired) electrons. The van der Waals surface area contributed by atoms with E-state index >= 15 is 0 Å². The zero-order valence-electron chi connectivity index (χ0n) is 12.5. The number of nitrogens with one attached hydrogen (secondary N) is 2. The molecule has 7 nitrogen and oxygen atoms in total. The highest BCUT2D eigenvalue weighted by atomic mass is 19.1. The van der Waals surface area contributed by atoms with E-state index in [1.807, 2.05) is 30.3 Å². The maximum absolute atomic E-state index is 13.1. The van der Waals surface area contributed by atoms with Gasteiger partial charge in [0, 0.05) is 0 Å². The van der Waals surface area contributed by atoms with Crippen molar-refractivity contribution in [2.75, 3.05) is 0 Å². The van der Waals surface area contributed by atoms with Gasteiger partial charge in [-0.1, -0.05) is 30.3 Å². The van der Waals surface area contributed by atoms with Crippen LogP contribution in [-0.2, 0) is 17.9 Å². The van der Waals surface area contributed by atoms with Gasteiger partial charge in [0.25, 0.3) is 5.56 Å². The van der Waals surface area contributed by atoms with Gasteiger partial charge in [-0.05, 0) is 11.6 Å². The van der Waals surface area contributed by atoms with Crippen molar-refractivity contribution in [3.63, 3.8) is 0 Å². The van der Waals surface area contributed by atoms with Gasteiger partial charge in [0.2, 0.25) is 0 Å². The van der Waals surface area contributed by atoms with Gasteiger partial charge in [0.15, 0.2) is 5.65 Å². The Morgan fingerprint density at radius 2 is 2.08 bits per heavy atom. The first-order valence-corrected chi connectivity index (χ1v) is 7.11. The van der Waals surface area contributed by atoms with E-state index in [1.165, 1.54) is 0 Å². The average molecular weight is 328 g/mol. The van der Waals surface area contributed by atoms with Gasteiger partial charge < -0.3 is 15.0 Å². The molecule has 1 amide bonds. The van der Waals surface area contributed by atoms with Crippen LogP contribution in [0.5, 0.6) is 0 Å². The van der Waals surface area contributed by atoms with E-state index in [9.17, 15) is 14.0 Å².